The van der Waals surface area contributed by atoms with Crippen LogP contribution in [-0.4, -0.2) is 4.40 Å². The van der Waals surface area contributed by atoms with Crippen molar-refractivity contribution in [2.75, 3.05) is 4.90 Å². The minimum atomic E-state index is 1.10. The predicted molar refractivity (Wildman–Crippen MR) is 221 cm³/mol. The van der Waals surface area contributed by atoms with E-state index in [0.29, 0.717) is 0 Å². The van der Waals surface area contributed by atoms with Crippen LogP contribution in [0.15, 0.2) is 206 Å². The topological polar surface area (TPSA) is 7.65 Å². The number of para-hydroxylation sites is 1. The van der Waals surface area contributed by atoms with Crippen molar-refractivity contribution in [2.24, 2.45) is 0 Å². The van der Waals surface area contributed by atoms with E-state index in [1.807, 2.05) is 0 Å². The molecule has 0 unspecified atom stereocenters. The van der Waals surface area contributed by atoms with E-state index in [-0.39, 0.29) is 0 Å². The fourth-order valence-corrected chi connectivity index (χ4v) is 7.93. The maximum Gasteiger partial charge on any atom is 0.0613 e. The number of hydrogen-bond acceptors (Lipinski definition) is 1. The first-order valence-corrected chi connectivity index (χ1v) is 17.9. The van der Waals surface area contributed by atoms with Crippen LogP contribution in [-0.2, 0) is 0 Å². The molecule has 0 saturated heterocycles. The van der Waals surface area contributed by atoms with Gasteiger partial charge in [0, 0.05) is 39.0 Å². The highest BCUT2D eigenvalue weighted by Crippen LogP contribution is 2.43. The SMILES string of the molecule is c1ccc(-c2ccc(N(c3cccc(-c4c5ccccc5cc5c(-c6ccccc6)c6ccccc6n45)c3)c3ccc4ccccc4c3)cc2)cc1. The lowest BCUT2D eigenvalue weighted by Crippen LogP contribution is -2.10. The van der Waals surface area contributed by atoms with Gasteiger partial charge in [-0.2, -0.15) is 0 Å². The van der Waals surface area contributed by atoms with E-state index in [9.17, 15) is 0 Å². The summed E-state index contributed by atoms with van der Waals surface area (Å²) in [6, 6.07) is 74.7. The first-order chi connectivity index (χ1) is 25.8. The van der Waals surface area contributed by atoms with E-state index in [1.165, 1.54) is 65.9 Å². The molecule has 2 nitrogen and oxygen atoms in total. The van der Waals surface area contributed by atoms with Crippen LogP contribution in [0.5, 0.6) is 0 Å². The molecule has 52 heavy (non-hydrogen) atoms. The Morgan fingerprint density at radius 1 is 0.308 bits per heavy atom. The third kappa shape index (κ3) is 5.04. The van der Waals surface area contributed by atoms with Gasteiger partial charge in [-0.1, -0.05) is 158 Å². The van der Waals surface area contributed by atoms with E-state index in [0.717, 1.165) is 22.6 Å². The van der Waals surface area contributed by atoms with E-state index in [4.69, 9.17) is 0 Å². The third-order valence-electron chi connectivity index (χ3n) is 10.3. The summed E-state index contributed by atoms with van der Waals surface area (Å²) in [6.45, 7) is 0. The summed E-state index contributed by atoms with van der Waals surface area (Å²) in [5.74, 6) is 0. The highest BCUT2D eigenvalue weighted by Gasteiger charge is 2.21. The van der Waals surface area contributed by atoms with E-state index < -0.39 is 0 Å². The van der Waals surface area contributed by atoms with Crippen molar-refractivity contribution in [3.8, 4) is 33.5 Å². The lowest BCUT2D eigenvalue weighted by molar-refractivity contribution is 1.26. The molecule has 0 spiro atoms. The van der Waals surface area contributed by atoms with Gasteiger partial charge in [0.1, 0.15) is 0 Å². The molecule has 10 aromatic rings. The first kappa shape index (κ1) is 30.0. The van der Waals surface area contributed by atoms with Crippen molar-refractivity contribution in [3.05, 3.63) is 206 Å². The highest BCUT2D eigenvalue weighted by atomic mass is 15.1. The fourth-order valence-electron chi connectivity index (χ4n) is 7.93. The van der Waals surface area contributed by atoms with Crippen LogP contribution in [0.1, 0.15) is 0 Å². The molecule has 2 heterocycles. The van der Waals surface area contributed by atoms with Gasteiger partial charge >= 0.3 is 0 Å². The number of rotatable bonds is 6. The van der Waals surface area contributed by atoms with Crippen LogP contribution in [0, 0.1) is 0 Å². The average molecular weight is 663 g/mol. The quantitative estimate of drug-likeness (QED) is 0.172. The molecule has 0 atom stereocenters. The fraction of sp³-hybridized carbons (Fsp3) is 0. The standard InChI is InChI=1S/C50H34N2/c1-3-14-35(15-4-1)37-26-29-42(30-27-37)51(44-31-28-36-16-7-8-19-39(36)32-44)43-22-13-21-41(33-43)50-45-23-10-9-20-40(45)34-48-49(38-17-5-2-6-18-38)46-24-11-12-25-47(46)52(48)50/h1-34H. The lowest BCUT2D eigenvalue weighted by Gasteiger charge is -2.27. The second-order valence-electron chi connectivity index (χ2n) is 13.4. The molecular formula is C50H34N2. The number of nitrogens with zero attached hydrogens (tertiary/aromatic N) is 2. The third-order valence-corrected chi connectivity index (χ3v) is 10.3. The molecule has 10 rings (SSSR count). The summed E-state index contributed by atoms with van der Waals surface area (Å²) < 4.78 is 2.48. The van der Waals surface area contributed by atoms with E-state index >= 15 is 0 Å². The Bertz CT molecular complexity index is 2890. The number of pyridine rings is 1. The Labute approximate surface area is 303 Å². The summed E-state index contributed by atoms with van der Waals surface area (Å²) in [4.78, 5) is 2.39. The van der Waals surface area contributed by atoms with Gasteiger partial charge in [-0.3, -0.25) is 0 Å². The maximum atomic E-state index is 2.48. The van der Waals surface area contributed by atoms with E-state index in [2.05, 4.69) is 216 Å². The van der Waals surface area contributed by atoms with Crippen LogP contribution in [0.4, 0.5) is 17.1 Å². The van der Waals surface area contributed by atoms with Crippen LogP contribution in [0.25, 0.3) is 71.5 Å². The zero-order valence-corrected chi connectivity index (χ0v) is 28.5. The molecule has 2 heteroatoms. The molecule has 0 aliphatic rings. The van der Waals surface area contributed by atoms with Crippen molar-refractivity contribution < 1.29 is 0 Å². The second-order valence-corrected chi connectivity index (χ2v) is 13.4. The van der Waals surface area contributed by atoms with Gasteiger partial charge in [-0.05, 0) is 81.4 Å². The summed E-state index contributed by atoms with van der Waals surface area (Å²) >= 11 is 0. The summed E-state index contributed by atoms with van der Waals surface area (Å²) in [6.07, 6.45) is 0. The Hall–Kier alpha value is -6.90. The van der Waals surface area contributed by atoms with Crippen molar-refractivity contribution in [1.82, 2.24) is 4.40 Å². The molecule has 0 amide bonds. The van der Waals surface area contributed by atoms with E-state index in [1.54, 1.807) is 0 Å². The molecule has 2 aromatic heterocycles. The Morgan fingerprint density at radius 3 is 1.67 bits per heavy atom. The second kappa shape index (κ2) is 12.5. The molecule has 0 N–H and O–H groups in total. The summed E-state index contributed by atoms with van der Waals surface area (Å²) in [5, 5.41) is 6.13. The van der Waals surface area contributed by atoms with Gasteiger partial charge < -0.3 is 9.30 Å². The van der Waals surface area contributed by atoms with Crippen LogP contribution in [0.3, 0.4) is 0 Å². The van der Waals surface area contributed by atoms with Crippen molar-refractivity contribution in [3.63, 3.8) is 0 Å². The zero-order valence-electron chi connectivity index (χ0n) is 28.5. The van der Waals surface area contributed by atoms with Gasteiger partial charge in [-0.25, -0.2) is 0 Å². The minimum absolute atomic E-state index is 1.10. The predicted octanol–water partition coefficient (Wildman–Crippen LogP) is 13.9. The molecular weight excluding hydrogens is 629 g/mol. The number of fused-ring (bicyclic) bond motifs is 5. The van der Waals surface area contributed by atoms with Crippen LogP contribution < -0.4 is 4.90 Å². The summed E-state index contributed by atoms with van der Waals surface area (Å²) in [5.41, 5.74) is 13.0. The maximum absolute atomic E-state index is 2.48. The normalized spacial score (nSPS) is 11.5. The monoisotopic (exact) mass is 662 g/mol. The lowest BCUT2D eigenvalue weighted by atomic mass is 9.99. The van der Waals surface area contributed by atoms with Crippen LogP contribution >= 0.6 is 0 Å². The molecule has 0 fully saturated rings. The van der Waals surface area contributed by atoms with Crippen LogP contribution in [0.2, 0.25) is 0 Å². The van der Waals surface area contributed by atoms with Gasteiger partial charge in [0.25, 0.3) is 0 Å². The Morgan fingerprint density at radius 2 is 0.885 bits per heavy atom. The summed E-state index contributed by atoms with van der Waals surface area (Å²) in [7, 11) is 0. The molecule has 0 aliphatic carbocycles. The average Bonchev–Trinajstić information content (AvgIpc) is 3.54. The minimum Gasteiger partial charge on any atom is -0.310 e. The smallest absolute Gasteiger partial charge is 0.0613 e. The molecule has 8 aromatic carbocycles. The highest BCUT2D eigenvalue weighted by molar-refractivity contribution is 6.11. The number of benzene rings is 8. The van der Waals surface area contributed by atoms with Gasteiger partial charge in [0.05, 0.1) is 16.7 Å². The number of aromatic nitrogens is 1. The molecule has 244 valence electrons. The number of hydrogen-bond donors (Lipinski definition) is 0. The van der Waals surface area contributed by atoms with Crippen molar-refractivity contribution in [2.45, 2.75) is 0 Å². The Balaban J connectivity index is 1.22. The largest absolute Gasteiger partial charge is 0.310 e. The molecule has 0 radical (unpaired) electrons. The molecule has 0 bridgehead atoms. The van der Waals surface area contributed by atoms with Crippen molar-refractivity contribution in [1.29, 1.82) is 0 Å². The molecule has 0 saturated carbocycles. The van der Waals surface area contributed by atoms with Crippen molar-refractivity contribution >= 4 is 55.0 Å². The first-order valence-electron chi connectivity index (χ1n) is 17.9. The van der Waals surface area contributed by atoms with Gasteiger partial charge in [-0.15, -0.1) is 0 Å². The molecule has 0 aliphatic heterocycles. The number of anilines is 3. The zero-order chi connectivity index (χ0) is 34.4. The van der Waals surface area contributed by atoms with Gasteiger partial charge in [0.15, 0.2) is 0 Å². The van der Waals surface area contributed by atoms with Gasteiger partial charge in [0.2, 0.25) is 0 Å². The Kier molecular flexibility index (Phi) is 7.18.